The highest BCUT2D eigenvalue weighted by Gasteiger charge is 2.29. The van der Waals surface area contributed by atoms with E-state index in [0.717, 1.165) is 59.1 Å². The van der Waals surface area contributed by atoms with Crippen molar-refractivity contribution < 1.29 is 30.5 Å². The van der Waals surface area contributed by atoms with Crippen LogP contribution in [0.15, 0.2) is 142 Å². The van der Waals surface area contributed by atoms with Crippen molar-refractivity contribution in [2.24, 2.45) is 0 Å². The zero-order chi connectivity index (χ0) is 38.0. The minimum absolute atomic E-state index is 0.0179. The molecule has 0 saturated heterocycles. The fourth-order valence-corrected chi connectivity index (χ4v) is 9.79. The lowest BCUT2D eigenvalue weighted by atomic mass is 10.1. The molecule has 15 heteroatoms. The summed E-state index contributed by atoms with van der Waals surface area (Å²) < 4.78 is 71.0. The molecule has 1 aliphatic carbocycles. The monoisotopic (exact) mass is 837 g/mol. The fourth-order valence-electron chi connectivity index (χ4n) is 6.50. The van der Waals surface area contributed by atoms with Crippen LogP contribution in [0.1, 0.15) is 17.8 Å². The number of thioether (sulfide) groups is 1. The number of nitrogens with zero attached hydrogens (tertiary/aromatic N) is 3. The van der Waals surface area contributed by atoms with Gasteiger partial charge in [-0.1, -0.05) is 88.8 Å². The molecule has 1 N–H and O–H groups in total. The average Bonchev–Trinajstić information content (AvgIpc) is 3.80. The maximum atomic E-state index is 11.8. The number of aromatic nitrogens is 1. The second kappa shape index (κ2) is 16.0. The molecular weight excluding hydrogens is 806 g/mol. The highest BCUT2D eigenvalue weighted by atomic mass is 35.5. The molecule has 0 radical (unpaired) electrons. The van der Waals surface area contributed by atoms with Gasteiger partial charge in [0, 0.05) is 45.0 Å². The molecule has 1 aliphatic heterocycles. The first kappa shape index (κ1) is 38.4. The molecule has 2 aliphatic rings. The predicted octanol–water partition coefficient (Wildman–Crippen LogP) is 9.21. The molecule has 0 bridgehead atoms. The number of aryl methyl sites for hydroxylation is 1. The molecule has 54 heavy (non-hydrogen) atoms. The molecule has 7 rings (SSSR count). The summed E-state index contributed by atoms with van der Waals surface area (Å²) in [4.78, 5) is 4.99. The van der Waals surface area contributed by atoms with Crippen molar-refractivity contribution in [1.82, 2.24) is 0 Å². The highest BCUT2D eigenvalue weighted by molar-refractivity contribution is 8.03. The molecule has 0 saturated carbocycles. The van der Waals surface area contributed by atoms with Crippen LogP contribution in [0.2, 0.25) is 10.0 Å². The Hall–Kier alpha value is -3.92. The number of anilines is 3. The molecular formula is C39H33Cl2N3O6S4. The SMILES string of the molecule is O=S(=O)([O-])CC[n+]1c(/C=C/C2=C(N(c3ccccc3)c3ccccc3)C(=C/C=C3/Sc4ccc(Cl)cc4N3CCS(=O)(=O)O)/CC2)sc2ccc(Cl)cc21. The van der Waals surface area contributed by atoms with Gasteiger partial charge in [0.1, 0.15) is 14.8 Å². The van der Waals surface area contributed by atoms with E-state index < -0.39 is 31.7 Å². The Kier molecular flexibility index (Phi) is 11.4. The molecule has 0 amide bonds. The third kappa shape index (κ3) is 8.96. The molecule has 0 unspecified atom stereocenters. The Labute approximate surface area is 332 Å². The van der Waals surface area contributed by atoms with E-state index in [0.29, 0.717) is 22.9 Å². The predicted molar refractivity (Wildman–Crippen MR) is 219 cm³/mol. The highest BCUT2D eigenvalue weighted by Crippen LogP contribution is 2.48. The van der Waals surface area contributed by atoms with E-state index >= 15 is 0 Å². The Morgan fingerprint density at radius 3 is 2.17 bits per heavy atom. The lowest BCUT2D eigenvalue weighted by Crippen LogP contribution is -2.38. The minimum Gasteiger partial charge on any atom is -0.748 e. The molecule has 278 valence electrons. The van der Waals surface area contributed by atoms with Gasteiger partial charge in [-0.25, -0.2) is 8.42 Å². The van der Waals surface area contributed by atoms with Crippen molar-refractivity contribution in [3.8, 4) is 0 Å². The maximum absolute atomic E-state index is 11.8. The van der Waals surface area contributed by atoms with Crippen LogP contribution in [-0.4, -0.2) is 44.0 Å². The summed E-state index contributed by atoms with van der Waals surface area (Å²) in [6.45, 7) is 0.0228. The molecule has 0 fully saturated rings. The summed E-state index contributed by atoms with van der Waals surface area (Å²) in [5, 5.41) is 2.57. The second-order valence-corrected chi connectivity index (χ2v) is 18.6. The van der Waals surface area contributed by atoms with Crippen LogP contribution in [-0.2, 0) is 26.8 Å². The van der Waals surface area contributed by atoms with E-state index in [-0.39, 0.29) is 13.1 Å². The first-order valence-electron chi connectivity index (χ1n) is 16.8. The van der Waals surface area contributed by atoms with E-state index in [1.807, 2.05) is 94.4 Å². The second-order valence-electron chi connectivity index (χ2n) is 12.5. The summed E-state index contributed by atoms with van der Waals surface area (Å²) in [5.41, 5.74) is 6.44. The van der Waals surface area contributed by atoms with Crippen LogP contribution < -0.4 is 14.4 Å². The third-order valence-electron chi connectivity index (χ3n) is 8.90. The average molecular weight is 839 g/mol. The van der Waals surface area contributed by atoms with E-state index in [9.17, 15) is 25.9 Å². The van der Waals surface area contributed by atoms with Crippen molar-refractivity contribution >= 4 is 99.9 Å². The van der Waals surface area contributed by atoms with Crippen LogP contribution in [0.4, 0.5) is 17.1 Å². The number of thiazole rings is 1. The smallest absolute Gasteiger partial charge is 0.266 e. The van der Waals surface area contributed by atoms with Crippen LogP contribution >= 0.6 is 46.3 Å². The van der Waals surface area contributed by atoms with Gasteiger partial charge in [-0.05, 0) is 90.7 Å². The van der Waals surface area contributed by atoms with Gasteiger partial charge in [-0.15, -0.1) is 0 Å². The van der Waals surface area contributed by atoms with Gasteiger partial charge in [0.15, 0.2) is 6.54 Å². The number of hydrogen-bond acceptors (Lipinski definition) is 9. The lowest BCUT2D eigenvalue weighted by molar-refractivity contribution is -0.664. The quantitative estimate of drug-likeness (QED) is 0.0969. The van der Waals surface area contributed by atoms with Gasteiger partial charge in [-0.3, -0.25) is 4.55 Å². The van der Waals surface area contributed by atoms with Gasteiger partial charge in [-0.2, -0.15) is 13.0 Å². The summed E-state index contributed by atoms with van der Waals surface area (Å²) in [6.07, 6.45) is 9.44. The van der Waals surface area contributed by atoms with Crippen molar-refractivity contribution in [1.29, 1.82) is 0 Å². The van der Waals surface area contributed by atoms with Crippen LogP contribution in [0, 0.1) is 0 Å². The number of para-hydroxylation sites is 2. The van der Waals surface area contributed by atoms with Gasteiger partial charge in [0.05, 0.1) is 27.9 Å². The Morgan fingerprint density at radius 1 is 0.833 bits per heavy atom. The summed E-state index contributed by atoms with van der Waals surface area (Å²) in [7, 11) is -8.69. The van der Waals surface area contributed by atoms with Gasteiger partial charge in [0.2, 0.25) is 5.52 Å². The first-order valence-corrected chi connectivity index (χ1v) is 22.4. The van der Waals surface area contributed by atoms with E-state index in [1.165, 1.54) is 23.1 Å². The van der Waals surface area contributed by atoms with E-state index in [4.69, 9.17) is 23.2 Å². The number of halogens is 2. The number of allylic oxidation sites excluding steroid dienone is 5. The number of hydrogen-bond donors (Lipinski definition) is 1. The fraction of sp³-hybridized carbons (Fsp3) is 0.154. The minimum atomic E-state index is -4.47. The van der Waals surface area contributed by atoms with Crippen LogP contribution in [0.5, 0.6) is 0 Å². The van der Waals surface area contributed by atoms with E-state index in [2.05, 4.69) is 17.1 Å². The van der Waals surface area contributed by atoms with E-state index in [1.54, 1.807) is 24.3 Å². The zero-order valence-corrected chi connectivity index (χ0v) is 33.3. The zero-order valence-electron chi connectivity index (χ0n) is 28.5. The molecule has 4 aromatic carbocycles. The standard InChI is InChI=1S/C39H33Cl2N3O6S4/c40-29-15-17-35-33(25-29)42(21-23-53(45,46)47)37(51-35)19-13-27-11-12-28(39(27)44(31-7-3-1-4-8-31)32-9-5-2-6-10-32)14-20-38-43(22-24-54(48,49)50)34-26-30(41)16-18-36(34)52-38/h1-10,13-20,25-26H,11-12,21-24H2,(H-,45,46,47,48,49,50). The normalized spacial score (nSPS) is 16.4. The first-order chi connectivity index (χ1) is 25.8. The molecule has 9 nitrogen and oxygen atoms in total. The Balaban J connectivity index is 1.36. The number of fused-ring (bicyclic) bond motifs is 2. The summed E-state index contributed by atoms with van der Waals surface area (Å²) in [6, 6.07) is 31.0. The number of rotatable bonds is 12. The lowest BCUT2D eigenvalue weighted by Gasteiger charge is -2.28. The summed E-state index contributed by atoms with van der Waals surface area (Å²) >= 11 is 15.7. The van der Waals surface area contributed by atoms with Crippen molar-refractivity contribution in [2.75, 3.05) is 27.9 Å². The van der Waals surface area contributed by atoms with Crippen molar-refractivity contribution in [3.05, 3.63) is 152 Å². The molecule has 2 heterocycles. The molecule has 0 spiro atoms. The van der Waals surface area contributed by atoms with Crippen molar-refractivity contribution in [2.45, 2.75) is 24.3 Å². The van der Waals surface area contributed by atoms with Crippen LogP contribution in [0.25, 0.3) is 16.3 Å². The largest absolute Gasteiger partial charge is 0.748 e. The topological polar surface area (TPSA) is 122 Å². The third-order valence-corrected chi connectivity index (χ3v) is 13.0. The van der Waals surface area contributed by atoms with Crippen molar-refractivity contribution in [3.63, 3.8) is 0 Å². The van der Waals surface area contributed by atoms with Gasteiger partial charge >= 0.3 is 0 Å². The molecule has 5 aromatic rings. The van der Waals surface area contributed by atoms with Gasteiger partial charge < -0.3 is 14.4 Å². The molecule has 1 aromatic heterocycles. The molecule has 0 atom stereocenters. The Bertz CT molecular complexity index is 2530. The van der Waals surface area contributed by atoms with Crippen LogP contribution in [0.3, 0.4) is 0 Å². The maximum Gasteiger partial charge on any atom is 0.266 e. The Morgan fingerprint density at radius 2 is 1.50 bits per heavy atom. The summed E-state index contributed by atoms with van der Waals surface area (Å²) in [5.74, 6) is -1.01. The number of benzene rings is 4. The van der Waals surface area contributed by atoms with Gasteiger partial charge in [0.25, 0.3) is 15.1 Å².